The van der Waals surface area contributed by atoms with Crippen molar-refractivity contribution in [3.63, 3.8) is 0 Å². The molecule has 2 atom stereocenters. The number of ether oxygens (including phenoxy) is 1. The Labute approximate surface area is 74.9 Å². The molecule has 2 heterocycles. The van der Waals surface area contributed by atoms with Gasteiger partial charge in [-0.2, -0.15) is 0 Å². The molecule has 0 unspecified atom stereocenters. The van der Waals surface area contributed by atoms with Crippen LogP contribution >= 0.6 is 0 Å². The average molecular weight is 169 g/mol. The van der Waals surface area contributed by atoms with Gasteiger partial charge in [0.1, 0.15) is 0 Å². The third kappa shape index (κ3) is 1.09. The molecule has 2 fully saturated rings. The van der Waals surface area contributed by atoms with Crippen LogP contribution in [0.4, 0.5) is 0 Å². The topological polar surface area (TPSA) is 12.5 Å². The lowest BCUT2D eigenvalue weighted by Crippen LogP contribution is -2.53. The molecular weight excluding hydrogens is 150 g/mol. The molecule has 12 heavy (non-hydrogen) atoms. The number of hydrogen-bond donors (Lipinski definition) is 0. The summed E-state index contributed by atoms with van der Waals surface area (Å²) in [7, 11) is 2.25. The third-order valence-corrected chi connectivity index (χ3v) is 3.75. The number of nitrogens with zero attached hydrogens (tertiary/aromatic N) is 1. The lowest BCUT2D eigenvalue weighted by atomic mass is 9.80. The van der Waals surface area contributed by atoms with Crippen molar-refractivity contribution in [1.29, 1.82) is 0 Å². The lowest BCUT2D eigenvalue weighted by Gasteiger charge is -2.44. The van der Waals surface area contributed by atoms with E-state index in [-0.39, 0.29) is 0 Å². The van der Waals surface area contributed by atoms with E-state index in [1.807, 2.05) is 0 Å². The van der Waals surface area contributed by atoms with Crippen molar-refractivity contribution in [2.24, 2.45) is 5.92 Å². The SMILES string of the molecule is C[C@H]1COC[C@]12CCCCN2C. The highest BCUT2D eigenvalue weighted by atomic mass is 16.5. The van der Waals surface area contributed by atoms with Crippen LogP contribution in [-0.4, -0.2) is 37.2 Å². The van der Waals surface area contributed by atoms with Gasteiger partial charge in [-0.1, -0.05) is 13.3 Å². The molecule has 2 heteroatoms. The maximum absolute atomic E-state index is 5.58. The Balaban J connectivity index is 2.15. The Kier molecular flexibility index (Phi) is 2.13. The first kappa shape index (κ1) is 8.52. The van der Waals surface area contributed by atoms with Crippen LogP contribution < -0.4 is 0 Å². The van der Waals surface area contributed by atoms with E-state index in [2.05, 4.69) is 18.9 Å². The third-order valence-electron chi connectivity index (χ3n) is 3.75. The Morgan fingerprint density at radius 1 is 1.42 bits per heavy atom. The van der Waals surface area contributed by atoms with Gasteiger partial charge in [-0.3, -0.25) is 4.90 Å². The molecule has 2 rings (SSSR count). The molecule has 70 valence electrons. The molecule has 2 nitrogen and oxygen atoms in total. The standard InChI is InChI=1S/C10H19NO/c1-9-7-12-8-10(9)5-3-4-6-11(10)2/h9H,3-8H2,1-2H3/t9-,10+/m0/s1. The van der Waals surface area contributed by atoms with Gasteiger partial charge in [0.2, 0.25) is 0 Å². The van der Waals surface area contributed by atoms with Crippen LogP contribution in [0.2, 0.25) is 0 Å². The van der Waals surface area contributed by atoms with E-state index in [0.717, 1.165) is 19.1 Å². The van der Waals surface area contributed by atoms with Gasteiger partial charge in [0.25, 0.3) is 0 Å². The Morgan fingerprint density at radius 2 is 2.25 bits per heavy atom. The number of likely N-dealkylation sites (N-methyl/N-ethyl adjacent to an activating group) is 1. The Hall–Kier alpha value is -0.0800. The van der Waals surface area contributed by atoms with Gasteiger partial charge in [-0.15, -0.1) is 0 Å². The summed E-state index contributed by atoms with van der Waals surface area (Å²) in [5.74, 6) is 0.725. The van der Waals surface area contributed by atoms with Crippen molar-refractivity contribution in [3.8, 4) is 0 Å². The first-order chi connectivity index (χ1) is 5.76. The number of rotatable bonds is 0. The summed E-state index contributed by atoms with van der Waals surface area (Å²) in [4.78, 5) is 2.52. The predicted octanol–water partition coefficient (Wildman–Crippen LogP) is 1.51. The van der Waals surface area contributed by atoms with Crippen LogP contribution in [0.5, 0.6) is 0 Å². The zero-order valence-electron chi connectivity index (χ0n) is 8.18. The largest absolute Gasteiger partial charge is 0.379 e. The summed E-state index contributed by atoms with van der Waals surface area (Å²) >= 11 is 0. The van der Waals surface area contributed by atoms with E-state index in [1.165, 1.54) is 25.8 Å². The molecule has 0 saturated carbocycles. The van der Waals surface area contributed by atoms with E-state index in [9.17, 15) is 0 Å². The number of piperidine rings is 1. The monoisotopic (exact) mass is 169 g/mol. The van der Waals surface area contributed by atoms with Crippen LogP contribution in [0, 0.1) is 5.92 Å². The maximum atomic E-state index is 5.58. The highest BCUT2D eigenvalue weighted by Gasteiger charge is 2.45. The molecule has 0 N–H and O–H groups in total. The van der Waals surface area contributed by atoms with Crippen molar-refractivity contribution < 1.29 is 4.74 Å². The second kappa shape index (κ2) is 3.00. The smallest absolute Gasteiger partial charge is 0.0653 e. The second-order valence-electron chi connectivity index (χ2n) is 4.40. The maximum Gasteiger partial charge on any atom is 0.0653 e. The van der Waals surface area contributed by atoms with Gasteiger partial charge in [-0.05, 0) is 26.4 Å². The van der Waals surface area contributed by atoms with Crippen LogP contribution in [0.3, 0.4) is 0 Å². The van der Waals surface area contributed by atoms with Crippen molar-refractivity contribution in [2.45, 2.75) is 31.7 Å². The van der Waals surface area contributed by atoms with Gasteiger partial charge >= 0.3 is 0 Å². The molecule has 1 spiro atoms. The van der Waals surface area contributed by atoms with Crippen LogP contribution in [-0.2, 0) is 4.74 Å². The minimum Gasteiger partial charge on any atom is -0.379 e. The van der Waals surface area contributed by atoms with Crippen LogP contribution in [0.15, 0.2) is 0 Å². The Morgan fingerprint density at radius 3 is 2.83 bits per heavy atom. The van der Waals surface area contributed by atoms with Crippen molar-refractivity contribution >= 4 is 0 Å². The molecule has 0 amide bonds. The van der Waals surface area contributed by atoms with Gasteiger partial charge in [0.05, 0.1) is 13.2 Å². The fraction of sp³-hybridized carbons (Fsp3) is 1.00. The minimum absolute atomic E-state index is 0.401. The van der Waals surface area contributed by atoms with Crippen LogP contribution in [0.1, 0.15) is 26.2 Å². The fourth-order valence-electron chi connectivity index (χ4n) is 2.71. The van der Waals surface area contributed by atoms with Gasteiger partial charge in [0.15, 0.2) is 0 Å². The molecule has 0 bridgehead atoms. The Bertz CT molecular complexity index is 171. The fourth-order valence-corrected chi connectivity index (χ4v) is 2.71. The summed E-state index contributed by atoms with van der Waals surface area (Å²) in [5.41, 5.74) is 0.401. The highest BCUT2D eigenvalue weighted by Crippen LogP contribution is 2.37. The summed E-state index contributed by atoms with van der Waals surface area (Å²) in [5, 5.41) is 0. The van der Waals surface area contributed by atoms with E-state index < -0.39 is 0 Å². The van der Waals surface area contributed by atoms with Crippen molar-refractivity contribution in [2.75, 3.05) is 26.8 Å². The van der Waals surface area contributed by atoms with Crippen LogP contribution in [0.25, 0.3) is 0 Å². The molecule has 0 radical (unpaired) electrons. The molecule has 0 aromatic carbocycles. The van der Waals surface area contributed by atoms with Gasteiger partial charge in [-0.25, -0.2) is 0 Å². The first-order valence-electron chi connectivity index (χ1n) is 5.05. The number of hydrogen-bond acceptors (Lipinski definition) is 2. The zero-order chi connectivity index (χ0) is 8.60. The summed E-state index contributed by atoms with van der Waals surface area (Å²) in [6.07, 6.45) is 4.09. The molecule has 2 aliphatic rings. The molecule has 2 saturated heterocycles. The minimum atomic E-state index is 0.401. The summed E-state index contributed by atoms with van der Waals surface area (Å²) < 4.78 is 5.58. The lowest BCUT2D eigenvalue weighted by molar-refractivity contribution is 0.0383. The predicted molar refractivity (Wildman–Crippen MR) is 49.2 cm³/mol. The van der Waals surface area contributed by atoms with Gasteiger partial charge in [0, 0.05) is 11.5 Å². The molecule has 2 aliphatic heterocycles. The van der Waals surface area contributed by atoms with Crippen molar-refractivity contribution in [3.05, 3.63) is 0 Å². The molecular formula is C10H19NO. The average Bonchev–Trinajstić information content (AvgIpc) is 2.41. The van der Waals surface area contributed by atoms with E-state index in [0.29, 0.717) is 5.54 Å². The summed E-state index contributed by atoms with van der Waals surface area (Å²) in [6.45, 7) is 5.51. The van der Waals surface area contributed by atoms with E-state index >= 15 is 0 Å². The van der Waals surface area contributed by atoms with E-state index in [1.54, 1.807) is 0 Å². The molecule has 0 aromatic heterocycles. The van der Waals surface area contributed by atoms with E-state index in [4.69, 9.17) is 4.74 Å². The first-order valence-corrected chi connectivity index (χ1v) is 5.05. The molecule has 0 aliphatic carbocycles. The molecule has 0 aromatic rings. The second-order valence-corrected chi connectivity index (χ2v) is 4.40. The number of likely N-dealkylation sites (tertiary alicyclic amines) is 1. The van der Waals surface area contributed by atoms with Gasteiger partial charge < -0.3 is 4.74 Å². The zero-order valence-corrected chi connectivity index (χ0v) is 8.18. The van der Waals surface area contributed by atoms with Crippen molar-refractivity contribution in [1.82, 2.24) is 4.90 Å². The normalized spacial score (nSPS) is 44.0. The highest BCUT2D eigenvalue weighted by molar-refractivity contribution is 4.99. The quantitative estimate of drug-likeness (QED) is 0.545. The summed E-state index contributed by atoms with van der Waals surface area (Å²) in [6, 6.07) is 0.